The van der Waals surface area contributed by atoms with Crippen molar-refractivity contribution in [3.8, 4) is 5.88 Å². The highest BCUT2D eigenvalue weighted by Gasteiger charge is 2.20. The number of carbonyl (C=O) groups is 1. The molecule has 0 bridgehead atoms. The molecule has 7 nitrogen and oxygen atoms in total. The summed E-state index contributed by atoms with van der Waals surface area (Å²) >= 11 is 0. The van der Waals surface area contributed by atoms with E-state index < -0.39 is 0 Å². The van der Waals surface area contributed by atoms with Crippen LogP contribution in [0, 0.1) is 6.92 Å². The highest BCUT2D eigenvalue weighted by atomic mass is 16.5. The number of hydrogen-bond acceptors (Lipinski definition) is 5. The van der Waals surface area contributed by atoms with Crippen molar-refractivity contribution in [1.29, 1.82) is 0 Å². The molecule has 0 aliphatic carbocycles. The van der Waals surface area contributed by atoms with E-state index in [-0.39, 0.29) is 11.6 Å². The van der Waals surface area contributed by atoms with Crippen molar-refractivity contribution in [1.82, 2.24) is 20.3 Å². The maximum Gasteiger partial charge on any atom is 0.277 e. The van der Waals surface area contributed by atoms with Crippen LogP contribution in [0.15, 0.2) is 24.3 Å². The van der Waals surface area contributed by atoms with Gasteiger partial charge in [-0.15, -0.1) is 5.10 Å². The predicted molar refractivity (Wildman–Crippen MR) is 85.7 cm³/mol. The zero-order valence-electron chi connectivity index (χ0n) is 13.7. The van der Waals surface area contributed by atoms with E-state index in [0.717, 1.165) is 12.0 Å². The fourth-order valence-corrected chi connectivity index (χ4v) is 2.12. The van der Waals surface area contributed by atoms with Gasteiger partial charge in [-0.1, -0.05) is 35.0 Å². The number of nitrogens with one attached hydrogen (secondary N) is 1. The van der Waals surface area contributed by atoms with Gasteiger partial charge in [0.15, 0.2) is 0 Å². The lowest BCUT2D eigenvalue weighted by Gasteiger charge is -2.07. The van der Waals surface area contributed by atoms with Crippen molar-refractivity contribution in [2.45, 2.75) is 19.9 Å². The average Bonchev–Trinajstić information content (AvgIpc) is 2.96. The molecule has 1 aromatic carbocycles. The standard InChI is InChI=1S/C16H22N4O3/c1-12-5-7-13(8-6-12)11-20-16(23-3)14(18-19-20)15(21)17-9-4-10-22-2/h5-8H,4,9-11H2,1-3H3,(H,17,21). The average molecular weight is 318 g/mol. The molecule has 2 rings (SSSR count). The first kappa shape index (κ1) is 17.0. The first-order valence-corrected chi connectivity index (χ1v) is 7.46. The minimum absolute atomic E-state index is 0.192. The Kier molecular flexibility index (Phi) is 6.10. The summed E-state index contributed by atoms with van der Waals surface area (Å²) in [6.07, 6.45) is 0.738. The van der Waals surface area contributed by atoms with Crippen molar-refractivity contribution in [3.63, 3.8) is 0 Å². The fraction of sp³-hybridized carbons (Fsp3) is 0.438. The normalized spacial score (nSPS) is 10.6. The third kappa shape index (κ3) is 4.53. The van der Waals surface area contributed by atoms with Crippen LogP contribution >= 0.6 is 0 Å². The maximum absolute atomic E-state index is 12.2. The van der Waals surface area contributed by atoms with Crippen molar-refractivity contribution in [2.24, 2.45) is 0 Å². The van der Waals surface area contributed by atoms with E-state index in [9.17, 15) is 4.79 Å². The van der Waals surface area contributed by atoms with Crippen molar-refractivity contribution in [3.05, 3.63) is 41.1 Å². The van der Waals surface area contributed by atoms with Gasteiger partial charge in [0, 0.05) is 20.3 Å². The molecule has 0 radical (unpaired) electrons. The number of benzene rings is 1. The van der Waals surface area contributed by atoms with E-state index in [1.807, 2.05) is 31.2 Å². The molecule has 1 aromatic heterocycles. The Bertz CT molecular complexity index is 637. The lowest BCUT2D eigenvalue weighted by Crippen LogP contribution is -2.26. The third-order valence-corrected chi connectivity index (χ3v) is 3.36. The molecule has 2 aromatic rings. The SMILES string of the molecule is COCCCNC(=O)c1nnn(Cc2ccc(C)cc2)c1OC. The van der Waals surface area contributed by atoms with E-state index in [1.54, 1.807) is 11.8 Å². The Hall–Kier alpha value is -2.41. The van der Waals surface area contributed by atoms with Gasteiger partial charge < -0.3 is 14.8 Å². The number of carbonyl (C=O) groups excluding carboxylic acids is 1. The summed E-state index contributed by atoms with van der Waals surface area (Å²) in [6.45, 7) is 3.64. The number of rotatable bonds is 8. The predicted octanol–water partition coefficient (Wildman–Crippen LogP) is 1.41. The minimum atomic E-state index is -0.298. The molecule has 0 saturated carbocycles. The molecule has 1 heterocycles. The molecule has 124 valence electrons. The first-order chi connectivity index (χ1) is 11.2. The number of hydrogen-bond donors (Lipinski definition) is 1. The molecule has 0 spiro atoms. The summed E-state index contributed by atoms with van der Waals surface area (Å²) in [4.78, 5) is 12.2. The van der Waals surface area contributed by atoms with Crippen LogP contribution in [-0.2, 0) is 11.3 Å². The summed E-state index contributed by atoms with van der Waals surface area (Å²) in [7, 11) is 3.13. The number of aromatic nitrogens is 3. The highest BCUT2D eigenvalue weighted by Crippen LogP contribution is 2.17. The molecule has 0 unspecified atom stereocenters. The second kappa shape index (κ2) is 8.28. The number of ether oxygens (including phenoxy) is 2. The van der Waals surface area contributed by atoms with Crippen LogP contribution in [-0.4, -0.2) is 48.3 Å². The minimum Gasteiger partial charge on any atom is -0.479 e. The summed E-state index contributed by atoms with van der Waals surface area (Å²) in [6, 6.07) is 8.09. The fourth-order valence-electron chi connectivity index (χ4n) is 2.12. The van der Waals surface area contributed by atoms with Crippen LogP contribution in [0.3, 0.4) is 0 Å². The Morgan fingerprint density at radius 1 is 1.26 bits per heavy atom. The van der Waals surface area contributed by atoms with Crippen molar-refractivity contribution < 1.29 is 14.3 Å². The highest BCUT2D eigenvalue weighted by molar-refractivity contribution is 5.94. The van der Waals surface area contributed by atoms with Gasteiger partial charge in [0.2, 0.25) is 11.6 Å². The summed E-state index contributed by atoms with van der Waals surface area (Å²) < 4.78 is 11.8. The van der Waals surface area contributed by atoms with Crippen LogP contribution in [0.2, 0.25) is 0 Å². The molecule has 1 N–H and O–H groups in total. The Labute approximate surface area is 135 Å². The van der Waals surface area contributed by atoms with Crippen molar-refractivity contribution in [2.75, 3.05) is 27.4 Å². The van der Waals surface area contributed by atoms with Crippen LogP contribution in [0.4, 0.5) is 0 Å². The van der Waals surface area contributed by atoms with Gasteiger partial charge in [-0.3, -0.25) is 4.79 Å². The largest absolute Gasteiger partial charge is 0.479 e. The van der Waals surface area contributed by atoms with E-state index in [1.165, 1.54) is 12.7 Å². The molecule has 0 atom stereocenters. The zero-order valence-corrected chi connectivity index (χ0v) is 13.7. The first-order valence-electron chi connectivity index (χ1n) is 7.46. The maximum atomic E-state index is 12.2. The van der Waals surface area contributed by atoms with Crippen LogP contribution in [0.5, 0.6) is 5.88 Å². The molecular weight excluding hydrogens is 296 g/mol. The third-order valence-electron chi connectivity index (χ3n) is 3.36. The molecule has 0 aliphatic heterocycles. The Morgan fingerprint density at radius 3 is 2.65 bits per heavy atom. The zero-order chi connectivity index (χ0) is 16.7. The Morgan fingerprint density at radius 2 is 2.00 bits per heavy atom. The molecular formula is C16H22N4O3. The van der Waals surface area contributed by atoms with E-state index >= 15 is 0 Å². The number of aryl methyl sites for hydroxylation is 1. The van der Waals surface area contributed by atoms with Crippen molar-refractivity contribution >= 4 is 5.91 Å². The Balaban J connectivity index is 2.06. The second-order valence-corrected chi connectivity index (χ2v) is 5.19. The number of methoxy groups -OCH3 is 2. The van der Waals surface area contributed by atoms with Gasteiger partial charge in [0.25, 0.3) is 5.91 Å². The van der Waals surface area contributed by atoms with E-state index in [2.05, 4.69) is 15.6 Å². The van der Waals surface area contributed by atoms with Gasteiger partial charge in [0.05, 0.1) is 13.7 Å². The molecule has 23 heavy (non-hydrogen) atoms. The van der Waals surface area contributed by atoms with Crippen LogP contribution in [0.1, 0.15) is 28.0 Å². The quantitative estimate of drug-likeness (QED) is 0.745. The van der Waals surface area contributed by atoms with Gasteiger partial charge in [0.1, 0.15) is 0 Å². The monoisotopic (exact) mass is 318 g/mol. The van der Waals surface area contributed by atoms with E-state index in [0.29, 0.717) is 25.6 Å². The lowest BCUT2D eigenvalue weighted by molar-refractivity contribution is 0.0940. The van der Waals surface area contributed by atoms with Gasteiger partial charge in [-0.05, 0) is 18.9 Å². The van der Waals surface area contributed by atoms with E-state index in [4.69, 9.17) is 9.47 Å². The molecule has 0 aliphatic rings. The second-order valence-electron chi connectivity index (χ2n) is 5.19. The summed E-state index contributed by atoms with van der Waals surface area (Å²) in [5, 5.41) is 10.7. The van der Waals surface area contributed by atoms with Crippen LogP contribution in [0.25, 0.3) is 0 Å². The molecule has 0 fully saturated rings. The molecule has 7 heteroatoms. The van der Waals surface area contributed by atoms with Gasteiger partial charge in [-0.25, -0.2) is 4.68 Å². The number of amides is 1. The topological polar surface area (TPSA) is 78.3 Å². The van der Waals surface area contributed by atoms with Gasteiger partial charge in [-0.2, -0.15) is 0 Å². The van der Waals surface area contributed by atoms with Gasteiger partial charge >= 0.3 is 0 Å². The summed E-state index contributed by atoms with van der Waals surface area (Å²) in [5.41, 5.74) is 2.44. The number of nitrogens with zero attached hydrogens (tertiary/aromatic N) is 3. The summed E-state index contributed by atoms with van der Waals surface area (Å²) in [5.74, 6) is 0.0583. The smallest absolute Gasteiger partial charge is 0.277 e. The molecule has 0 saturated heterocycles. The van der Waals surface area contributed by atoms with Crippen LogP contribution < -0.4 is 10.1 Å². The molecule has 1 amide bonds. The lowest BCUT2D eigenvalue weighted by atomic mass is 10.1.